The number of amides is 1. The number of hydrogen-bond donors (Lipinski definition) is 1. The van der Waals surface area contributed by atoms with Gasteiger partial charge in [-0.25, -0.2) is 12.8 Å². The Morgan fingerprint density at radius 2 is 1.74 bits per heavy atom. The number of carbonyl (C=O) groups is 1. The van der Waals surface area contributed by atoms with Crippen LogP contribution in [0.1, 0.15) is 37.9 Å². The van der Waals surface area contributed by atoms with Gasteiger partial charge in [0.25, 0.3) is 0 Å². The van der Waals surface area contributed by atoms with E-state index in [9.17, 15) is 17.6 Å². The summed E-state index contributed by atoms with van der Waals surface area (Å²) in [5, 5.41) is 2.85. The summed E-state index contributed by atoms with van der Waals surface area (Å²) in [5.74, 6) is -0.605. The number of sulfonamides is 1. The molecular formula is C20H25FN2O3S. The van der Waals surface area contributed by atoms with Crippen LogP contribution in [0.4, 0.5) is 4.39 Å². The Morgan fingerprint density at radius 1 is 1.11 bits per heavy atom. The Hall–Kier alpha value is -2.25. The van der Waals surface area contributed by atoms with Crippen LogP contribution in [0.15, 0.2) is 53.4 Å². The first-order valence-electron chi connectivity index (χ1n) is 8.91. The lowest BCUT2D eigenvalue weighted by Crippen LogP contribution is -2.30. The van der Waals surface area contributed by atoms with Crippen molar-refractivity contribution in [3.8, 4) is 0 Å². The number of nitrogens with zero attached hydrogens (tertiary/aromatic N) is 1. The van der Waals surface area contributed by atoms with E-state index in [0.717, 1.165) is 5.56 Å². The van der Waals surface area contributed by atoms with Crippen LogP contribution < -0.4 is 5.32 Å². The second-order valence-corrected chi connectivity index (χ2v) is 8.19. The van der Waals surface area contributed by atoms with E-state index in [1.807, 2.05) is 6.92 Å². The van der Waals surface area contributed by atoms with Crippen LogP contribution in [0.5, 0.6) is 0 Å². The molecule has 0 aromatic heterocycles. The predicted octanol–water partition coefficient (Wildman–Crippen LogP) is 3.28. The maximum Gasteiger partial charge on any atom is 0.243 e. The maximum atomic E-state index is 13.2. The number of halogens is 1. The standard InChI is InChI=1S/C20H25FN2O3S/c1-4-23(5-2)27(25,26)19-11-9-17(10-12-19)15(3)22-20(24)14-16-7-6-8-18(21)13-16/h6-13,15H,4-5,14H2,1-3H3,(H,22,24). The first kappa shape index (κ1) is 21.1. The van der Waals surface area contributed by atoms with Gasteiger partial charge < -0.3 is 5.32 Å². The Bertz CT molecular complexity index is 878. The molecule has 7 heteroatoms. The zero-order valence-corrected chi connectivity index (χ0v) is 16.6. The summed E-state index contributed by atoms with van der Waals surface area (Å²) >= 11 is 0. The third-order valence-electron chi connectivity index (χ3n) is 4.35. The van der Waals surface area contributed by atoms with E-state index in [0.29, 0.717) is 18.7 Å². The molecule has 5 nitrogen and oxygen atoms in total. The number of nitrogens with one attached hydrogen (secondary N) is 1. The van der Waals surface area contributed by atoms with Gasteiger partial charge in [0.05, 0.1) is 17.4 Å². The van der Waals surface area contributed by atoms with Crippen molar-refractivity contribution in [3.05, 3.63) is 65.5 Å². The van der Waals surface area contributed by atoms with Crippen LogP contribution in [0.2, 0.25) is 0 Å². The molecule has 1 unspecified atom stereocenters. The van der Waals surface area contributed by atoms with Crippen molar-refractivity contribution in [2.45, 2.75) is 38.1 Å². The highest BCUT2D eigenvalue weighted by molar-refractivity contribution is 7.89. The quantitative estimate of drug-likeness (QED) is 0.750. The van der Waals surface area contributed by atoms with E-state index in [4.69, 9.17) is 0 Å². The highest BCUT2D eigenvalue weighted by atomic mass is 32.2. The molecule has 1 N–H and O–H groups in total. The summed E-state index contributed by atoms with van der Waals surface area (Å²) in [6.45, 7) is 6.23. The fraction of sp³-hybridized carbons (Fsp3) is 0.350. The highest BCUT2D eigenvalue weighted by Crippen LogP contribution is 2.19. The van der Waals surface area contributed by atoms with Gasteiger partial charge in [-0.3, -0.25) is 4.79 Å². The topological polar surface area (TPSA) is 66.5 Å². The molecule has 0 bridgehead atoms. The Balaban J connectivity index is 2.05. The first-order valence-corrected chi connectivity index (χ1v) is 10.4. The number of hydrogen-bond acceptors (Lipinski definition) is 3. The molecule has 0 heterocycles. The number of carbonyl (C=O) groups excluding carboxylic acids is 1. The van der Waals surface area contributed by atoms with Crippen LogP contribution in [0, 0.1) is 5.82 Å². The van der Waals surface area contributed by atoms with Crippen molar-refractivity contribution in [1.29, 1.82) is 0 Å². The number of rotatable bonds is 8. The number of benzene rings is 2. The van der Waals surface area contributed by atoms with Gasteiger partial charge in [0, 0.05) is 13.1 Å². The van der Waals surface area contributed by atoms with Gasteiger partial charge in [0.2, 0.25) is 15.9 Å². The minimum absolute atomic E-state index is 0.0799. The van der Waals surface area contributed by atoms with Gasteiger partial charge >= 0.3 is 0 Å². The Labute approximate surface area is 160 Å². The van der Waals surface area contributed by atoms with Crippen LogP contribution in [-0.2, 0) is 21.2 Å². The molecule has 2 aromatic rings. The molecule has 1 amide bonds. The monoisotopic (exact) mass is 392 g/mol. The molecule has 0 aliphatic rings. The SMILES string of the molecule is CCN(CC)S(=O)(=O)c1ccc(C(C)NC(=O)Cc2cccc(F)c2)cc1. The van der Waals surface area contributed by atoms with Crippen molar-refractivity contribution in [2.75, 3.05) is 13.1 Å². The molecule has 0 saturated carbocycles. The molecule has 0 fully saturated rings. The smallest absolute Gasteiger partial charge is 0.243 e. The van der Waals surface area contributed by atoms with Gasteiger partial charge in [-0.1, -0.05) is 38.1 Å². The van der Waals surface area contributed by atoms with Crippen molar-refractivity contribution in [3.63, 3.8) is 0 Å². The molecule has 0 saturated heterocycles. The lowest BCUT2D eigenvalue weighted by atomic mass is 10.1. The predicted molar refractivity (Wildman–Crippen MR) is 103 cm³/mol. The van der Waals surface area contributed by atoms with Crippen LogP contribution in [-0.4, -0.2) is 31.7 Å². The van der Waals surface area contributed by atoms with Gasteiger partial charge in [-0.15, -0.1) is 0 Å². The van der Waals surface area contributed by atoms with Gasteiger partial charge in [-0.05, 0) is 42.3 Å². The molecule has 27 heavy (non-hydrogen) atoms. The molecule has 0 aliphatic heterocycles. The summed E-state index contributed by atoms with van der Waals surface area (Å²) < 4.78 is 39.6. The van der Waals surface area contributed by atoms with Gasteiger partial charge in [0.1, 0.15) is 5.82 Å². The highest BCUT2D eigenvalue weighted by Gasteiger charge is 2.21. The third kappa shape index (κ3) is 5.37. The second kappa shape index (κ2) is 9.10. The van der Waals surface area contributed by atoms with Crippen molar-refractivity contribution in [1.82, 2.24) is 9.62 Å². The normalized spacial score (nSPS) is 12.8. The Kier molecular flexibility index (Phi) is 7.10. The summed E-state index contributed by atoms with van der Waals surface area (Å²) in [6.07, 6.45) is 0.0799. The zero-order chi connectivity index (χ0) is 20.0. The fourth-order valence-corrected chi connectivity index (χ4v) is 4.31. The second-order valence-electron chi connectivity index (χ2n) is 6.25. The third-order valence-corrected chi connectivity index (χ3v) is 6.42. The van der Waals surface area contributed by atoms with E-state index >= 15 is 0 Å². The van der Waals surface area contributed by atoms with Crippen LogP contribution in [0.25, 0.3) is 0 Å². The van der Waals surface area contributed by atoms with Crippen molar-refractivity contribution in [2.24, 2.45) is 0 Å². The summed E-state index contributed by atoms with van der Waals surface area (Å²) in [7, 11) is -3.50. The largest absolute Gasteiger partial charge is 0.349 e. The molecule has 0 radical (unpaired) electrons. The Morgan fingerprint density at radius 3 is 2.30 bits per heavy atom. The maximum absolute atomic E-state index is 13.2. The summed E-state index contributed by atoms with van der Waals surface area (Å²) in [5.41, 5.74) is 1.39. The molecule has 1 atom stereocenters. The average Bonchev–Trinajstić information content (AvgIpc) is 2.62. The zero-order valence-electron chi connectivity index (χ0n) is 15.8. The van der Waals surface area contributed by atoms with Gasteiger partial charge in [0.15, 0.2) is 0 Å². The summed E-state index contributed by atoms with van der Waals surface area (Å²) in [4.78, 5) is 12.4. The van der Waals surface area contributed by atoms with E-state index in [1.165, 1.54) is 16.4 Å². The van der Waals surface area contributed by atoms with E-state index < -0.39 is 10.0 Å². The minimum Gasteiger partial charge on any atom is -0.349 e. The minimum atomic E-state index is -3.50. The van der Waals surface area contributed by atoms with Crippen LogP contribution >= 0.6 is 0 Å². The molecule has 2 aromatic carbocycles. The van der Waals surface area contributed by atoms with Gasteiger partial charge in [-0.2, -0.15) is 4.31 Å². The molecule has 146 valence electrons. The molecule has 0 spiro atoms. The van der Waals surface area contributed by atoms with Crippen molar-refractivity contribution >= 4 is 15.9 Å². The molecular weight excluding hydrogens is 367 g/mol. The van der Waals surface area contributed by atoms with E-state index in [-0.39, 0.29) is 29.1 Å². The summed E-state index contributed by atoms with van der Waals surface area (Å²) in [6, 6.07) is 12.1. The lowest BCUT2D eigenvalue weighted by Gasteiger charge is -2.19. The lowest BCUT2D eigenvalue weighted by molar-refractivity contribution is -0.121. The van der Waals surface area contributed by atoms with E-state index in [1.54, 1.807) is 50.2 Å². The molecule has 2 rings (SSSR count). The van der Waals surface area contributed by atoms with E-state index in [2.05, 4.69) is 5.32 Å². The van der Waals surface area contributed by atoms with Crippen molar-refractivity contribution < 1.29 is 17.6 Å². The average molecular weight is 392 g/mol. The fourth-order valence-electron chi connectivity index (χ4n) is 2.85. The first-order chi connectivity index (χ1) is 12.8. The molecule has 0 aliphatic carbocycles. The van der Waals surface area contributed by atoms with Crippen LogP contribution in [0.3, 0.4) is 0 Å².